The molecular formula is C13H18N2O4. The van der Waals surface area contributed by atoms with E-state index < -0.39 is 4.92 Å². The smallest absolute Gasteiger partial charge is 0.269 e. The Morgan fingerprint density at radius 1 is 1.37 bits per heavy atom. The second-order valence-electron chi connectivity index (χ2n) is 4.58. The lowest BCUT2D eigenvalue weighted by atomic mass is 9.89. The molecule has 6 heteroatoms. The van der Waals surface area contributed by atoms with Gasteiger partial charge in [-0.05, 0) is 25.0 Å². The van der Waals surface area contributed by atoms with Crippen LogP contribution in [0.2, 0.25) is 0 Å². The van der Waals surface area contributed by atoms with E-state index in [0.29, 0.717) is 24.5 Å². The highest BCUT2D eigenvalue weighted by Gasteiger charge is 2.27. The number of rotatable bonds is 7. The topological polar surface area (TPSA) is 73.6 Å². The summed E-state index contributed by atoms with van der Waals surface area (Å²) in [6.07, 6.45) is 2.50. The summed E-state index contributed by atoms with van der Waals surface area (Å²) in [5, 5.41) is 13.9. The van der Waals surface area contributed by atoms with Gasteiger partial charge in [0.2, 0.25) is 0 Å². The van der Waals surface area contributed by atoms with Crippen molar-refractivity contribution in [1.29, 1.82) is 0 Å². The monoisotopic (exact) mass is 266 g/mol. The van der Waals surface area contributed by atoms with Crippen molar-refractivity contribution in [3.63, 3.8) is 0 Å². The number of methoxy groups -OCH3 is 1. The first kappa shape index (κ1) is 13.8. The molecule has 19 heavy (non-hydrogen) atoms. The van der Waals surface area contributed by atoms with E-state index in [0.717, 1.165) is 19.4 Å². The van der Waals surface area contributed by atoms with Crippen LogP contribution >= 0.6 is 0 Å². The molecule has 104 valence electrons. The Morgan fingerprint density at radius 3 is 2.63 bits per heavy atom. The van der Waals surface area contributed by atoms with Crippen molar-refractivity contribution in [3.8, 4) is 5.75 Å². The Hall–Kier alpha value is -1.66. The minimum absolute atomic E-state index is 0.0746. The number of nitrogens with one attached hydrogen (secondary N) is 1. The van der Waals surface area contributed by atoms with Crippen molar-refractivity contribution >= 4 is 5.69 Å². The van der Waals surface area contributed by atoms with Gasteiger partial charge in [-0.15, -0.1) is 0 Å². The number of ether oxygens (including phenoxy) is 2. The number of hydrogen-bond donors (Lipinski definition) is 1. The first-order valence-corrected chi connectivity index (χ1v) is 6.32. The van der Waals surface area contributed by atoms with Gasteiger partial charge in [0.1, 0.15) is 12.4 Å². The van der Waals surface area contributed by atoms with Crippen LogP contribution in [0, 0.1) is 10.1 Å². The molecule has 0 heterocycles. The number of benzene rings is 1. The van der Waals surface area contributed by atoms with Crippen molar-refractivity contribution in [1.82, 2.24) is 5.32 Å². The Kier molecular flexibility index (Phi) is 4.70. The highest BCUT2D eigenvalue weighted by Crippen LogP contribution is 2.22. The number of non-ortho nitro benzene ring substituents is 1. The maximum absolute atomic E-state index is 10.5. The van der Waals surface area contributed by atoms with Crippen molar-refractivity contribution in [2.24, 2.45) is 0 Å². The molecule has 6 nitrogen and oxygen atoms in total. The van der Waals surface area contributed by atoms with E-state index in [-0.39, 0.29) is 5.69 Å². The molecule has 2 rings (SSSR count). The fourth-order valence-corrected chi connectivity index (χ4v) is 2.02. The van der Waals surface area contributed by atoms with Gasteiger partial charge in [-0.3, -0.25) is 10.1 Å². The Bertz CT molecular complexity index is 415. The van der Waals surface area contributed by atoms with Crippen molar-refractivity contribution in [2.75, 3.05) is 20.3 Å². The van der Waals surface area contributed by atoms with E-state index in [9.17, 15) is 10.1 Å². The maximum atomic E-state index is 10.5. The van der Waals surface area contributed by atoms with Crippen LogP contribution in [0.1, 0.15) is 12.8 Å². The van der Waals surface area contributed by atoms with Gasteiger partial charge in [0.25, 0.3) is 5.69 Å². The second kappa shape index (κ2) is 6.49. The largest absolute Gasteiger partial charge is 0.492 e. The Labute approximate surface area is 111 Å². The van der Waals surface area contributed by atoms with Crippen LogP contribution in [0.5, 0.6) is 5.75 Å². The minimum Gasteiger partial charge on any atom is -0.492 e. The molecule has 1 aliphatic rings. The molecule has 0 radical (unpaired) electrons. The van der Waals surface area contributed by atoms with Gasteiger partial charge in [-0.1, -0.05) is 0 Å². The summed E-state index contributed by atoms with van der Waals surface area (Å²) in [5.74, 6) is 0.649. The fraction of sp³-hybridized carbons (Fsp3) is 0.538. The van der Waals surface area contributed by atoms with Gasteiger partial charge < -0.3 is 14.8 Å². The van der Waals surface area contributed by atoms with Gasteiger partial charge in [0, 0.05) is 31.8 Å². The van der Waals surface area contributed by atoms with E-state index in [2.05, 4.69) is 5.32 Å². The quantitative estimate of drug-likeness (QED) is 0.462. The molecule has 1 aromatic rings. The Balaban J connectivity index is 1.62. The minimum atomic E-state index is -0.422. The summed E-state index contributed by atoms with van der Waals surface area (Å²) in [6, 6.07) is 6.63. The zero-order valence-electron chi connectivity index (χ0n) is 10.9. The molecule has 1 saturated carbocycles. The van der Waals surface area contributed by atoms with Gasteiger partial charge in [-0.2, -0.15) is 0 Å². The van der Waals surface area contributed by atoms with Crippen molar-refractivity contribution in [3.05, 3.63) is 34.4 Å². The van der Waals surface area contributed by atoms with Gasteiger partial charge in [0.05, 0.1) is 11.0 Å². The SMILES string of the molecule is COC1CC(NCCOc2ccc([N+](=O)[O-])cc2)C1. The number of nitrogens with zero attached hydrogens (tertiary/aromatic N) is 1. The molecule has 0 aromatic heterocycles. The molecule has 0 saturated heterocycles. The lowest BCUT2D eigenvalue weighted by Crippen LogP contribution is -2.46. The summed E-state index contributed by atoms with van der Waals surface area (Å²) in [4.78, 5) is 10.1. The van der Waals surface area contributed by atoms with Crippen LogP contribution in [0.15, 0.2) is 24.3 Å². The van der Waals surface area contributed by atoms with E-state index in [1.54, 1.807) is 19.2 Å². The molecule has 0 amide bonds. The zero-order chi connectivity index (χ0) is 13.7. The van der Waals surface area contributed by atoms with Crippen LogP contribution in [-0.2, 0) is 4.74 Å². The van der Waals surface area contributed by atoms with Crippen LogP contribution in [0.25, 0.3) is 0 Å². The van der Waals surface area contributed by atoms with Gasteiger partial charge in [0.15, 0.2) is 0 Å². The summed E-state index contributed by atoms with van der Waals surface area (Å²) in [5.41, 5.74) is 0.0746. The average Bonchev–Trinajstić information content (AvgIpc) is 2.37. The lowest BCUT2D eigenvalue weighted by Gasteiger charge is -2.34. The molecule has 0 atom stereocenters. The number of hydrogen-bond acceptors (Lipinski definition) is 5. The van der Waals surface area contributed by atoms with E-state index in [1.165, 1.54) is 12.1 Å². The molecule has 1 fully saturated rings. The third-order valence-electron chi connectivity index (χ3n) is 3.28. The van der Waals surface area contributed by atoms with E-state index >= 15 is 0 Å². The summed E-state index contributed by atoms with van der Waals surface area (Å²) in [7, 11) is 1.73. The molecule has 0 bridgehead atoms. The van der Waals surface area contributed by atoms with Crippen LogP contribution in [0.4, 0.5) is 5.69 Å². The maximum Gasteiger partial charge on any atom is 0.269 e. The molecule has 1 aliphatic carbocycles. The van der Waals surface area contributed by atoms with E-state index in [1.807, 2.05) is 0 Å². The third-order valence-corrected chi connectivity index (χ3v) is 3.28. The van der Waals surface area contributed by atoms with Crippen molar-refractivity contribution in [2.45, 2.75) is 25.0 Å². The first-order chi connectivity index (χ1) is 9.19. The van der Waals surface area contributed by atoms with E-state index in [4.69, 9.17) is 9.47 Å². The standard InChI is InChI=1S/C13H18N2O4/c1-18-13-8-10(9-13)14-6-7-19-12-4-2-11(3-5-12)15(16)17/h2-5,10,13-14H,6-9H2,1H3. The fourth-order valence-electron chi connectivity index (χ4n) is 2.02. The molecule has 1 aromatic carbocycles. The number of nitro groups is 1. The molecule has 0 spiro atoms. The van der Waals surface area contributed by atoms with Gasteiger partial charge in [-0.25, -0.2) is 0 Å². The highest BCUT2D eigenvalue weighted by molar-refractivity contribution is 5.35. The summed E-state index contributed by atoms with van der Waals surface area (Å²) in [6.45, 7) is 1.31. The summed E-state index contributed by atoms with van der Waals surface area (Å²) < 4.78 is 10.7. The predicted octanol–water partition coefficient (Wildman–Crippen LogP) is 1.74. The lowest BCUT2D eigenvalue weighted by molar-refractivity contribution is -0.384. The molecule has 0 aliphatic heterocycles. The third kappa shape index (κ3) is 3.90. The predicted molar refractivity (Wildman–Crippen MR) is 70.4 cm³/mol. The van der Waals surface area contributed by atoms with Crippen LogP contribution in [-0.4, -0.2) is 37.3 Å². The number of nitro benzene ring substituents is 1. The van der Waals surface area contributed by atoms with Crippen molar-refractivity contribution < 1.29 is 14.4 Å². The molecular weight excluding hydrogens is 248 g/mol. The molecule has 1 N–H and O–H groups in total. The average molecular weight is 266 g/mol. The second-order valence-corrected chi connectivity index (χ2v) is 4.58. The normalized spacial score (nSPS) is 21.7. The Morgan fingerprint density at radius 2 is 2.05 bits per heavy atom. The van der Waals surface area contributed by atoms with Gasteiger partial charge >= 0.3 is 0 Å². The molecule has 0 unspecified atom stereocenters. The first-order valence-electron chi connectivity index (χ1n) is 6.32. The van der Waals surface area contributed by atoms with Crippen LogP contribution < -0.4 is 10.1 Å². The summed E-state index contributed by atoms with van der Waals surface area (Å²) >= 11 is 0. The van der Waals surface area contributed by atoms with Crippen LogP contribution in [0.3, 0.4) is 0 Å². The highest BCUT2D eigenvalue weighted by atomic mass is 16.6. The zero-order valence-corrected chi connectivity index (χ0v) is 10.9.